The van der Waals surface area contributed by atoms with Crippen LogP contribution < -0.4 is 42.4 Å². The normalized spacial score (nSPS) is 10.7. The van der Waals surface area contributed by atoms with E-state index >= 15 is 0 Å². The summed E-state index contributed by atoms with van der Waals surface area (Å²) < 4.78 is 11.1. The summed E-state index contributed by atoms with van der Waals surface area (Å²) in [6.45, 7) is 0. The zero-order valence-electron chi connectivity index (χ0n) is 26.1. The van der Waals surface area contributed by atoms with Crippen molar-refractivity contribution in [2.45, 2.75) is 6.16 Å². The van der Waals surface area contributed by atoms with Gasteiger partial charge < -0.3 is 26.5 Å². The minimum Gasteiger partial charge on any atom is -1.00 e. The summed E-state index contributed by atoms with van der Waals surface area (Å²) in [6.07, 6.45) is 0.688. The summed E-state index contributed by atoms with van der Waals surface area (Å²) in [7, 11) is 0.990. The van der Waals surface area contributed by atoms with Gasteiger partial charge in [-0.1, -0.05) is 66.7 Å². The molecule has 0 spiro atoms. The fourth-order valence-electron chi connectivity index (χ4n) is 6.05. The first-order valence-corrected chi connectivity index (χ1v) is 17.0. The number of ether oxygens (including phenoxy) is 2. The van der Waals surface area contributed by atoms with Gasteiger partial charge in [-0.3, -0.25) is 4.79 Å². The Balaban J connectivity index is 0.00000433. The van der Waals surface area contributed by atoms with Crippen LogP contribution in [0, 0.1) is 11.3 Å². The van der Waals surface area contributed by atoms with Crippen LogP contribution in [0.2, 0.25) is 0 Å². The quantitative estimate of drug-likeness (QED) is 0.150. The van der Waals surface area contributed by atoms with Gasteiger partial charge in [0.25, 0.3) is 0 Å². The van der Waals surface area contributed by atoms with Crippen LogP contribution in [0.5, 0.6) is 11.5 Å². The molecule has 0 atom stereocenters. The molecule has 0 aromatic heterocycles. The number of nitrogens with zero attached hydrogens (tertiary/aromatic N) is 1. The summed E-state index contributed by atoms with van der Waals surface area (Å²) in [5.74, 6) is 1.25. The van der Waals surface area contributed by atoms with E-state index in [2.05, 4.69) is 103 Å². The molecule has 6 rings (SSSR count). The highest BCUT2D eigenvalue weighted by Crippen LogP contribution is 2.59. The summed E-state index contributed by atoms with van der Waals surface area (Å²) >= 11 is 0. The highest BCUT2D eigenvalue weighted by atomic mass is 79.9. The second-order valence-corrected chi connectivity index (χ2v) is 14.4. The molecule has 0 aliphatic heterocycles. The number of hydrogen-bond acceptors (Lipinski definition) is 4. The van der Waals surface area contributed by atoms with Gasteiger partial charge in [0.15, 0.2) is 5.78 Å². The molecule has 6 aromatic rings. The topological polar surface area (TPSA) is 59.3 Å². The summed E-state index contributed by atoms with van der Waals surface area (Å²) in [4.78, 5) is 14.1. The molecule has 0 radical (unpaired) electrons. The first-order chi connectivity index (χ1) is 22.6. The number of carbonyl (C=O) groups excluding carboxylic acids is 1. The molecule has 0 bridgehead atoms. The predicted octanol–water partition coefficient (Wildman–Crippen LogP) is 4.97. The molecule has 4 nitrogen and oxygen atoms in total. The lowest BCUT2D eigenvalue weighted by Gasteiger charge is -2.29. The second kappa shape index (κ2) is 15.1. The standard InChI is InChI=1S/C41H33NO3P.BrH/c1-44-33-21-19-31(20-22-33)41(43)40-26-30(28-42)18-24-39(40)38-25-23-34(45-2)27-32(38)29-46(35-12-6-3-7-13-35,36-14-8-4-9-15-36)37-16-10-5-11-17-37;/h3-27H,29H2,1-2H3;1H/q+1;/p-1. The van der Waals surface area contributed by atoms with Gasteiger partial charge in [-0.05, 0) is 96.1 Å². The van der Waals surface area contributed by atoms with Gasteiger partial charge in [0, 0.05) is 16.7 Å². The SMILES string of the molecule is COc1ccc(C(=O)c2cc(C#N)ccc2-c2ccc(OC)cc2C[P+](c2ccccc2)(c2ccccc2)c2ccccc2)cc1.[Br-]. The molecule has 6 aromatic carbocycles. The Kier molecular flexibility index (Phi) is 10.7. The third kappa shape index (κ3) is 6.76. The fraction of sp³-hybridized carbons (Fsp3) is 0.0732. The van der Waals surface area contributed by atoms with Crippen molar-refractivity contribution < 1.29 is 31.2 Å². The highest BCUT2D eigenvalue weighted by molar-refractivity contribution is 7.95. The van der Waals surface area contributed by atoms with Crippen LogP contribution in [0.3, 0.4) is 0 Å². The molecule has 6 heteroatoms. The molecule has 0 N–H and O–H groups in total. The Morgan fingerprint density at radius 1 is 0.617 bits per heavy atom. The average Bonchev–Trinajstić information content (AvgIpc) is 3.14. The predicted molar refractivity (Wildman–Crippen MR) is 188 cm³/mol. The van der Waals surface area contributed by atoms with Gasteiger partial charge in [0.05, 0.1) is 32.0 Å². The zero-order valence-corrected chi connectivity index (χ0v) is 28.6. The van der Waals surface area contributed by atoms with Gasteiger partial charge in [-0.15, -0.1) is 0 Å². The van der Waals surface area contributed by atoms with Crippen molar-refractivity contribution >= 4 is 29.0 Å². The first kappa shape index (κ1) is 33.4. The molecule has 0 fully saturated rings. The lowest BCUT2D eigenvalue weighted by Crippen LogP contribution is -3.00. The molecule has 47 heavy (non-hydrogen) atoms. The third-order valence-electron chi connectivity index (χ3n) is 8.35. The maximum Gasteiger partial charge on any atom is 0.193 e. The number of nitriles is 1. The van der Waals surface area contributed by atoms with Crippen molar-refractivity contribution in [1.82, 2.24) is 0 Å². The molecule has 0 heterocycles. The Hall–Kier alpha value is -5.01. The van der Waals surface area contributed by atoms with E-state index in [0.717, 1.165) is 22.4 Å². The van der Waals surface area contributed by atoms with Crippen LogP contribution in [0.15, 0.2) is 152 Å². The smallest absolute Gasteiger partial charge is 0.193 e. The number of hydrogen-bond donors (Lipinski definition) is 0. The van der Waals surface area contributed by atoms with Gasteiger partial charge in [-0.2, -0.15) is 5.26 Å². The number of halogens is 1. The summed E-state index contributed by atoms with van der Waals surface area (Å²) in [5, 5.41) is 13.6. The number of ketones is 1. The van der Waals surface area contributed by atoms with E-state index < -0.39 is 7.26 Å². The maximum atomic E-state index is 14.1. The largest absolute Gasteiger partial charge is 1.00 e. The lowest BCUT2D eigenvalue weighted by atomic mass is 9.90. The number of methoxy groups -OCH3 is 2. The van der Waals surface area contributed by atoms with E-state index in [-0.39, 0.29) is 22.8 Å². The van der Waals surface area contributed by atoms with Crippen molar-refractivity contribution in [2.75, 3.05) is 14.2 Å². The molecule has 0 aliphatic rings. The Morgan fingerprint density at radius 2 is 1.11 bits per heavy atom. The fourth-order valence-corrected chi connectivity index (χ4v) is 10.3. The van der Waals surface area contributed by atoms with Crippen LogP contribution in [0.4, 0.5) is 0 Å². The molecule has 0 aliphatic carbocycles. The molecule has 0 saturated heterocycles. The van der Waals surface area contributed by atoms with Crippen LogP contribution in [0.25, 0.3) is 11.1 Å². The van der Waals surface area contributed by atoms with Crippen molar-refractivity contribution in [3.05, 3.63) is 174 Å². The van der Waals surface area contributed by atoms with E-state index in [1.54, 1.807) is 50.6 Å². The van der Waals surface area contributed by atoms with E-state index in [4.69, 9.17) is 9.47 Å². The molecular formula is C41H33BrNO3P. The van der Waals surface area contributed by atoms with Crippen molar-refractivity contribution in [3.63, 3.8) is 0 Å². The van der Waals surface area contributed by atoms with Gasteiger partial charge in [0.2, 0.25) is 0 Å². The average molecular weight is 699 g/mol. The van der Waals surface area contributed by atoms with Gasteiger partial charge in [0.1, 0.15) is 34.7 Å². The number of benzene rings is 6. The van der Waals surface area contributed by atoms with Crippen LogP contribution in [-0.4, -0.2) is 20.0 Å². The first-order valence-electron chi connectivity index (χ1n) is 15.0. The molecular weight excluding hydrogens is 665 g/mol. The van der Waals surface area contributed by atoms with E-state index in [1.807, 2.05) is 18.2 Å². The number of rotatable bonds is 10. The minimum atomic E-state index is -2.28. The lowest BCUT2D eigenvalue weighted by molar-refractivity contribution is -0.0000170. The summed E-state index contributed by atoms with van der Waals surface area (Å²) in [6, 6.07) is 52.9. The third-order valence-corrected chi connectivity index (χ3v) is 12.7. The molecule has 232 valence electrons. The van der Waals surface area contributed by atoms with E-state index in [9.17, 15) is 10.1 Å². The molecule has 0 unspecified atom stereocenters. The number of carbonyl (C=O) groups is 1. The van der Waals surface area contributed by atoms with E-state index in [1.165, 1.54) is 15.9 Å². The second-order valence-electron chi connectivity index (χ2n) is 10.9. The van der Waals surface area contributed by atoms with Crippen LogP contribution in [-0.2, 0) is 6.16 Å². The minimum absolute atomic E-state index is 0. The monoisotopic (exact) mass is 697 g/mol. The van der Waals surface area contributed by atoms with E-state index in [0.29, 0.717) is 28.6 Å². The summed E-state index contributed by atoms with van der Waals surface area (Å²) in [5.41, 5.74) is 4.16. The molecule has 0 saturated carbocycles. The van der Waals surface area contributed by atoms with Gasteiger partial charge >= 0.3 is 0 Å². The molecule has 0 amide bonds. The Labute approximate surface area is 287 Å². The highest BCUT2D eigenvalue weighted by Gasteiger charge is 2.46. The Bertz CT molecular complexity index is 1910. The van der Waals surface area contributed by atoms with Crippen LogP contribution >= 0.6 is 7.26 Å². The van der Waals surface area contributed by atoms with Crippen molar-refractivity contribution in [3.8, 4) is 28.7 Å². The van der Waals surface area contributed by atoms with Crippen LogP contribution in [0.1, 0.15) is 27.0 Å². The Morgan fingerprint density at radius 3 is 1.60 bits per heavy atom. The van der Waals surface area contributed by atoms with Crippen molar-refractivity contribution in [1.29, 1.82) is 5.26 Å². The maximum absolute atomic E-state index is 14.1. The van der Waals surface area contributed by atoms with Gasteiger partial charge in [-0.25, -0.2) is 0 Å². The van der Waals surface area contributed by atoms with Crippen molar-refractivity contribution in [2.24, 2.45) is 0 Å². The zero-order chi connectivity index (χ0) is 31.9.